The van der Waals surface area contributed by atoms with Crippen LogP contribution in [0.2, 0.25) is 0 Å². The Kier molecular flexibility index (Phi) is 3.76. The van der Waals surface area contributed by atoms with Crippen LogP contribution in [0.25, 0.3) is 10.2 Å². The topological polar surface area (TPSA) is 100 Å². The van der Waals surface area contributed by atoms with Crippen molar-refractivity contribution in [3.63, 3.8) is 0 Å². The highest BCUT2D eigenvalue weighted by Gasteiger charge is 2.29. The molecule has 1 saturated heterocycles. The van der Waals surface area contributed by atoms with E-state index < -0.39 is 12.1 Å². The Morgan fingerprint density at radius 1 is 1.41 bits per heavy atom. The lowest BCUT2D eigenvalue weighted by Gasteiger charge is -2.08. The van der Waals surface area contributed by atoms with Gasteiger partial charge in [0.25, 0.3) is 5.91 Å². The maximum absolute atomic E-state index is 11.9. The van der Waals surface area contributed by atoms with Crippen LogP contribution in [-0.4, -0.2) is 28.9 Å². The molecule has 1 atom stereocenters. The van der Waals surface area contributed by atoms with E-state index in [1.54, 1.807) is 17.4 Å². The lowest BCUT2D eigenvalue weighted by atomic mass is 10.1. The molecule has 8 heteroatoms. The fourth-order valence-electron chi connectivity index (χ4n) is 2.28. The molecular weight excluding hydrogens is 304 g/mol. The third-order valence-corrected chi connectivity index (χ3v) is 4.23. The van der Waals surface area contributed by atoms with Crippen molar-refractivity contribution in [2.45, 2.75) is 25.8 Å². The average Bonchev–Trinajstić information content (AvgIpc) is 2.97. The van der Waals surface area contributed by atoms with Gasteiger partial charge in [-0.3, -0.25) is 14.9 Å². The highest BCUT2D eigenvalue weighted by atomic mass is 32.1. The maximum atomic E-state index is 11.9. The van der Waals surface area contributed by atoms with Gasteiger partial charge >= 0.3 is 6.03 Å². The number of anilines is 1. The van der Waals surface area contributed by atoms with Crippen molar-refractivity contribution in [3.8, 4) is 0 Å². The van der Waals surface area contributed by atoms with E-state index in [1.165, 1.54) is 0 Å². The molecule has 0 spiro atoms. The molecule has 3 N–H and O–H groups in total. The zero-order valence-corrected chi connectivity index (χ0v) is 12.6. The van der Waals surface area contributed by atoms with Crippen LogP contribution in [0.3, 0.4) is 0 Å². The molecule has 7 nitrogen and oxygen atoms in total. The van der Waals surface area contributed by atoms with E-state index in [1.807, 2.05) is 19.1 Å². The van der Waals surface area contributed by atoms with Crippen LogP contribution in [0.4, 0.5) is 10.5 Å². The molecule has 0 aliphatic carbocycles. The summed E-state index contributed by atoms with van der Waals surface area (Å²) in [6.07, 6.45) is 0.420. The normalized spacial score (nSPS) is 17.4. The molecular formula is C14H14N4O3S. The number of urea groups is 1. The number of aryl methyl sites for hydroxylation is 1. The molecule has 1 aromatic carbocycles. The molecule has 0 radical (unpaired) electrons. The minimum Gasteiger partial charge on any atom is -0.326 e. The lowest BCUT2D eigenvalue weighted by Crippen LogP contribution is -2.30. The average molecular weight is 318 g/mol. The van der Waals surface area contributed by atoms with Gasteiger partial charge < -0.3 is 10.6 Å². The molecule has 1 fully saturated rings. The number of aromatic nitrogens is 1. The van der Waals surface area contributed by atoms with Crippen LogP contribution in [0.1, 0.15) is 17.8 Å². The molecule has 0 saturated carbocycles. The van der Waals surface area contributed by atoms with Crippen molar-refractivity contribution in [2.24, 2.45) is 0 Å². The monoisotopic (exact) mass is 318 g/mol. The number of imide groups is 1. The van der Waals surface area contributed by atoms with E-state index in [4.69, 9.17) is 0 Å². The molecule has 22 heavy (non-hydrogen) atoms. The van der Waals surface area contributed by atoms with E-state index in [9.17, 15) is 14.4 Å². The molecule has 1 unspecified atom stereocenters. The first kappa shape index (κ1) is 14.5. The summed E-state index contributed by atoms with van der Waals surface area (Å²) in [5.74, 6) is -0.589. The predicted octanol–water partition coefficient (Wildman–Crippen LogP) is 1.53. The largest absolute Gasteiger partial charge is 0.326 e. The minimum absolute atomic E-state index is 0.151. The van der Waals surface area contributed by atoms with Crippen LogP contribution in [0.15, 0.2) is 18.2 Å². The lowest BCUT2D eigenvalue weighted by molar-refractivity contribution is -0.120. The maximum Gasteiger partial charge on any atom is 0.322 e. The number of carbonyl (C=O) groups excluding carboxylic acids is 3. The second-order valence-electron chi connectivity index (χ2n) is 5.02. The van der Waals surface area contributed by atoms with Crippen molar-refractivity contribution >= 4 is 45.1 Å². The number of amides is 4. The number of thiazole rings is 1. The first-order valence-electron chi connectivity index (χ1n) is 6.80. The second-order valence-corrected chi connectivity index (χ2v) is 6.25. The number of nitrogens with one attached hydrogen (secondary N) is 3. The standard InChI is InChI=1S/C14H14N4O3S/c1-7-15-9-3-2-8(6-11(9)22-7)16-12(19)5-4-10-13(20)18-14(21)17-10/h2-3,6,10H,4-5H2,1H3,(H,16,19)(H2,17,18,20,21). The van der Waals surface area contributed by atoms with Crippen molar-refractivity contribution in [1.82, 2.24) is 15.6 Å². The predicted molar refractivity (Wildman–Crippen MR) is 82.7 cm³/mol. The number of hydrogen-bond donors (Lipinski definition) is 3. The number of benzene rings is 1. The summed E-state index contributed by atoms with van der Waals surface area (Å²) in [5.41, 5.74) is 1.60. The van der Waals surface area contributed by atoms with Crippen molar-refractivity contribution in [2.75, 3.05) is 5.32 Å². The quantitative estimate of drug-likeness (QED) is 0.744. The number of carbonyl (C=O) groups is 3. The molecule has 3 rings (SSSR count). The van der Waals surface area contributed by atoms with Gasteiger partial charge in [0.1, 0.15) is 6.04 Å². The van der Waals surface area contributed by atoms with E-state index >= 15 is 0 Å². The van der Waals surface area contributed by atoms with Gasteiger partial charge in [-0.25, -0.2) is 9.78 Å². The van der Waals surface area contributed by atoms with Crippen molar-refractivity contribution in [3.05, 3.63) is 23.2 Å². The van der Waals surface area contributed by atoms with E-state index in [0.717, 1.165) is 15.2 Å². The summed E-state index contributed by atoms with van der Waals surface area (Å²) < 4.78 is 1.01. The smallest absolute Gasteiger partial charge is 0.322 e. The van der Waals surface area contributed by atoms with Gasteiger partial charge in [0.2, 0.25) is 5.91 Å². The second kappa shape index (κ2) is 5.72. The third-order valence-electron chi connectivity index (χ3n) is 3.30. The Morgan fingerprint density at radius 2 is 2.23 bits per heavy atom. The highest BCUT2D eigenvalue weighted by molar-refractivity contribution is 7.18. The van der Waals surface area contributed by atoms with E-state index in [2.05, 4.69) is 20.9 Å². The van der Waals surface area contributed by atoms with E-state index in [-0.39, 0.29) is 24.7 Å². The van der Waals surface area contributed by atoms with Crippen LogP contribution in [0, 0.1) is 6.92 Å². The highest BCUT2D eigenvalue weighted by Crippen LogP contribution is 2.24. The Labute approximate surface area is 130 Å². The minimum atomic E-state index is -0.634. The Balaban J connectivity index is 1.58. The number of nitrogens with zero attached hydrogens (tertiary/aromatic N) is 1. The Hall–Kier alpha value is -2.48. The molecule has 114 valence electrons. The van der Waals surface area contributed by atoms with Crippen LogP contribution >= 0.6 is 11.3 Å². The van der Waals surface area contributed by atoms with Gasteiger partial charge in [-0.05, 0) is 31.5 Å². The summed E-state index contributed by atoms with van der Waals surface area (Å²) in [5, 5.41) is 8.36. The summed E-state index contributed by atoms with van der Waals surface area (Å²) in [6, 6.07) is 4.39. The van der Waals surface area contributed by atoms with Gasteiger partial charge in [0, 0.05) is 12.1 Å². The molecule has 1 aliphatic rings. The van der Waals surface area contributed by atoms with Gasteiger partial charge in [0.05, 0.1) is 15.2 Å². The van der Waals surface area contributed by atoms with Gasteiger partial charge in [-0.15, -0.1) is 11.3 Å². The van der Waals surface area contributed by atoms with Gasteiger partial charge in [-0.2, -0.15) is 0 Å². The Morgan fingerprint density at radius 3 is 2.95 bits per heavy atom. The zero-order chi connectivity index (χ0) is 15.7. The van der Waals surface area contributed by atoms with E-state index in [0.29, 0.717) is 5.69 Å². The molecule has 1 aliphatic heterocycles. The summed E-state index contributed by atoms with van der Waals surface area (Å²) >= 11 is 1.56. The van der Waals surface area contributed by atoms with Crippen LogP contribution in [0.5, 0.6) is 0 Å². The molecule has 2 heterocycles. The van der Waals surface area contributed by atoms with Gasteiger partial charge in [-0.1, -0.05) is 0 Å². The number of fused-ring (bicyclic) bond motifs is 1. The molecule has 0 bridgehead atoms. The fourth-order valence-corrected chi connectivity index (χ4v) is 3.15. The summed E-state index contributed by atoms with van der Waals surface area (Å²) in [6.45, 7) is 1.93. The first-order valence-corrected chi connectivity index (χ1v) is 7.61. The van der Waals surface area contributed by atoms with Gasteiger partial charge in [0.15, 0.2) is 0 Å². The molecule has 4 amide bonds. The summed E-state index contributed by atoms with van der Waals surface area (Å²) in [7, 11) is 0. The fraction of sp³-hybridized carbons (Fsp3) is 0.286. The van der Waals surface area contributed by atoms with Crippen molar-refractivity contribution < 1.29 is 14.4 Å². The first-order chi connectivity index (χ1) is 10.5. The summed E-state index contributed by atoms with van der Waals surface area (Å²) in [4.78, 5) is 38.6. The molecule has 1 aromatic heterocycles. The zero-order valence-electron chi connectivity index (χ0n) is 11.8. The molecule has 2 aromatic rings. The SMILES string of the molecule is Cc1nc2ccc(NC(=O)CCC3NC(=O)NC3=O)cc2s1. The van der Waals surface area contributed by atoms with Crippen molar-refractivity contribution in [1.29, 1.82) is 0 Å². The van der Waals surface area contributed by atoms with Crippen LogP contribution < -0.4 is 16.0 Å². The number of hydrogen-bond acceptors (Lipinski definition) is 5. The third kappa shape index (κ3) is 3.06. The Bertz CT molecular complexity index is 771. The van der Waals surface area contributed by atoms with Crippen LogP contribution in [-0.2, 0) is 9.59 Å². The number of rotatable bonds is 4.